The molecule has 1 amide bonds. The van der Waals surface area contributed by atoms with E-state index in [-0.39, 0.29) is 5.91 Å². The molecule has 22 heavy (non-hydrogen) atoms. The summed E-state index contributed by atoms with van der Waals surface area (Å²) in [7, 11) is 2.13. The Morgan fingerprint density at radius 3 is 2.86 bits per heavy atom. The zero-order valence-electron chi connectivity index (χ0n) is 14.1. The Bertz CT molecular complexity index is 542. The number of carbonyl (C=O) groups excluding carboxylic acids is 1. The first-order chi connectivity index (χ1) is 10.3. The molecular formula is C18H27ClN2O. The molecule has 1 saturated heterocycles. The predicted octanol–water partition coefficient (Wildman–Crippen LogP) is 3.73. The van der Waals surface area contributed by atoms with Crippen molar-refractivity contribution < 1.29 is 4.79 Å². The van der Waals surface area contributed by atoms with Crippen LogP contribution in [0.1, 0.15) is 44.2 Å². The molecule has 1 aliphatic rings. The zero-order valence-corrected chi connectivity index (χ0v) is 14.8. The Morgan fingerprint density at radius 1 is 1.45 bits per heavy atom. The van der Waals surface area contributed by atoms with Gasteiger partial charge >= 0.3 is 0 Å². The number of nitrogens with one attached hydrogen (secondary N) is 1. The van der Waals surface area contributed by atoms with Gasteiger partial charge in [0.2, 0.25) is 5.91 Å². The molecule has 0 aromatic heterocycles. The minimum Gasteiger partial charge on any atom is -0.347 e. The van der Waals surface area contributed by atoms with E-state index in [2.05, 4.69) is 17.3 Å². The highest BCUT2D eigenvalue weighted by Gasteiger charge is 2.27. The number of halogens is 1. The van der Waals surface area contributed by atoms with Crippen LogP contribution in [-0.4, -0.2) is 30.9 Å². The van der Waals surface area contributed by atoms with Crippen molar-refractivity contribution in [3.8, 4) is 0 Å². The Balaban J connectivity index is 2.01. The van der Waals surface area contributed by atoms with E-state index < -0.39 is 5.54 Å². The second-order valence-corrected chi connectivity index (χ2v) is 7.47. The van der Waals surface area contributed by atoms with Crippen LogP contribution in [0.5, 0.6) is 0 Å². The SMILES string of the molecule is Cc1c(Cl)cccc1C(C)(C)NC(=O)C[C@@H]1CCCN(C)C1. The van der Waals surface area contributed by atoms with Crippen molar-refractivity contribution in [2.75, 3.05) is 20.1 Å². The fraction of sp³-hybridized carbons (Fsp3) is 0.611. The molecule has 122 valence electrons. The molecule has 1 aliphatic heterocycles. The van der Waals surface area contributed by atoms with E-state index in [4.69, 9.17) is 11.6 Å². The lowest BCUT2D eigenvalue weighted by Gasteiger charge is -2.32. The van der Waals surface area contributed by atoms with Gasteiger partial charge in [0.25, 0.3) is 0 Å². The molecule has 1 aromatic carbocycles. The third-order valence-corrected chi connectivity index (χ3v) is 5.00. The van der Waals surface area contributed by atoms with Gasteiger partial charge in [0.1, 0.15) is 0 Å². The first-order valence-electron chi connectivity index (χ1n) is 8.05. The van der Waals surface area contributed by atoms with Crippen LogP contribution >= 0.6 is 11.6 Å². The summed E-state index contributed by atoms with van der Waals surface area (Å²) in [6.07, 6.45) is 2.94. The van der Waals surface area contributed by atoms with Gasteiger partial charge in [-0.15, -0.1) is 0 Å². The van der Waals surface area contributed by atoms with Gasteiger partial charge < -0.3 is 10.2 Å². The molecule has 2 rings (SSSR count). The molecule has 1 aromatic rings. The van der Waals surface area contributed by atoms with Crippen LogP contribution in [0.2, 0.25) is 5.02 Å². The molecule has 1 N–H and O–H groups in total. The minimum atomic E-state index is -0.410. The molecule has 1 heterocycles. The van der Waals surface area contributed by atoms with E-state index in [1.807, 2.05) is 39.0 Å². The molecule has 3 nitrogen and oxygen atoms in total. The summed E-state index contributed by atoms with van der Waals surface area (Å²) in [5.74, 6) is 0.597. The number of piperidine rings is 1. The molecule has 1 atom stereocenters. The largest absolute Gasteiger partial charge is 0.347 e. The van der Waals surface area contributed by atoms with Crippen LogP contribution in [0.3, 0.4) is 0 Å². The number of hydrogen-bond acceptors (Lipinski definition) is 2. The summed E-state index contributed by atoms with van der Waals surface area (Å²) in [6.45, 7) is 8.24. The molecule has 0 saturated carbocycles. The monoisotopic (exact) mass is 322 g/mol. The van der Waals surface area contributed by atoms with Gasteiger partial charge in [0.15, 0.2) is 0 Å². The normalized spacial score (nSPS) is 20.0. The van der Waals surface area contributed by atoms with Gasteiger partial charge in [-0.2, -0.15) is 0 Å². The first-order valence-corrected chi connectivity index (χ1v) is 8.42. The molecule has 0 bridgehead atoms. The summed E-state index contributed by atoms with van der Waals surface area (Å²) in [4.78, 5) is 14.8. The van der Waals surface area contributed by atoms with E-state index in [1.165, 1.54) is 6.42 Å². The number of carbonyl (C=O) groups is 1. The van der Waals surface area contributed by atoms with E-state index in [9.17, 15) is 4.79 Å². The van der Waals surface area contributed by atoms with Gasteiger partial charge in [0.05, 0.1) is 5.54 Å². The Morgan fingerprint density at radius 2 is 2.18 bits per heavy atom. The van der Waals surface area contributed by atoms with Crippen molar-refractivity contribution >= 4 is 17.5 Å². The van der Waals surface area contributed by atoms with E-state index in [0.717, 1.165) is 35.7 Å². The predicted molar refractivity (Wildman–Crippen MR) is 92.2 cm³/mol. The van der Waals surface area contributed by atoms with Gasteiger partial charge in [-0.05, 0) is 70.3 Å². The summed E-state index contributed by atoms with van der Waals surface area (Å²) in [5, 5.41) is 3.93. The van der Waals surface area contributed by atoms with Crippen LogP contribution in [0.25, 0.3) is 0 Å². The van der Waals surface area contributed by atoms with Crippen molar-refractivity contribution in [3.05, 3.63) is 34.3 Å². The third-order valence-electron chi connectivity index (χ3n) is 4.59. The van der Waals surface area contributed by atoms with E-state index in [0.29, 0.717) is 12.3 Å². The van der Waals surface area contributed by atoms with Crippen LogP contribution in [0.4, 0.5) is 0 Å². The smallest absolute Gasteiger partial charge is 0.220 e. The minimum absolute atomic E-state index is 0.129. The van der Waals surface area contributed by atoms with Crippen molar-refractivity contribution in [2.24, 2.45) is 5.92 Å². The Hall–Kier alpha value is -1.06. The molecule has 0 unspecified atom stereocenters. The molecule has 0 aliphatic carbocycles. The average Bonchev–Trinajstić information content (AvgIpc) is 2.40. The fourth-order valence-electron chi connectivity index (χ4n) is 3.45. The summed E-state index contributed by atoms with van der Waals surface area (Å²) >= 11 is 6.21. The summed E-state index contributed by atoms with van der Waals surface area (Å²) in [6, 6.07) is 5.86. The third kappa shape index (κ3) is 4.23. The molecule has 0 spiro atoms. The number of likely N-dealkylation sites (tertiary alicyclic amines) is 1. The van der Waals surface area contributed by atoms with Gasteiger partial charge in [-0.25, -0.2) is 0 Å². The molecule has 1 fully saturated rings. The number of amides is 1. The Labute approximate surface area is 139 Å². The lowest BCUT2D eigenvalue weighted by Crippen LogP contribution is -2.43. The number of rotatable bonds is 4. The highest BCUT2D eigenvalue weighted by Crippen LogP contribution is 2.28. The summed E-state index contributed by atoms with van der Waals surface area (Å²) in [5.41, 5.74) is 1.70. The highest BCUT2D eigenvalue weighted by molar-refractivity contribution is 6.31. The quantitative estimate of drug-likeness (QED) is 0.916. The van der Waals surface area contributed by atoms with Crippen LogP contribution < -0.4 is 5.32 Å². The van der Waals surface area contributed by atoms with Gasteiger partial charge in [0, 0.05) is 18.0 Å². The highest BCUT2D eigenvalue weighted by atomic mass is 35.5. The van der Waals surface area contributed by atoms with E-state index >= 15 is 0 Å². The number of nitrogens with zero attached hydrogens (tertiary/aromatic N) is 1. The van der Waals surface area contributed by atoms with Gasteiger partial charge in [-0.1, -0.05) is 23.7 Å². The maximum atomic E-state index is 12.4. The molecule has 4 heteroatoms. The second kappa shape index (κ2) is 7.01. The topological polar surface area (TPSA) is 32.3 Å². The maximum Gasteiger partial charge on any atom is 0.220 e. The first kappa shape index (κ1) is 17.3. The zero-order chi connectivity index (χ0) is 16.3. The van der Waals surface area contributed by atoms with Crippen molar-refractivity contribution in [3.63, 3.8) is 0 Å². The lowest BCUT2D eigenvalue weighted by atomic mass is 9.89. The standard InChI is InChI=1S/C18H27ClN2O/c1-13-15(8-5-9-16(13)19)18(2,3)20-17(22)11-14-7-6-10-21(4)12-14/h5,8-9,14H,6-7,10-12H2,1-4H3,(H,20,22)/t14-/m0/s1. The van der Waals surface area contributed by atoms with Crippen LogP contribution in [-0.2, 0) is 10.3 Å². The lowest BCUT2D eigenvalue weighted by molar-refractivity contribution is -0.124. The fourth-order valence-corrected chi connectivity index (χ4v) is 3.63. The van der Waals surface area contributed by atoms with E-state index in [1.54, 1.807) is 0 Å². The van der Waals surface area contributed by atoms with Crippen molar-refractivity contribution in [1.82, 2.24) is 10.2 Å². The number of benzene rings is 1. The average molecular weight is 323 g/mol. The Kier molecular flexibility index (Phi) is 5.51. The number of hydrogen-bond donors (Lipinski definition) is 1. The summed E-state index contributed by atoms with van der Waals surface area (Å²) < 4.78 is 0. The molecular weight excluding hydrogens is 296 g/mol. The maximum absolute atomic E-state index is 12.4. The molecule has 0 radical (unpaired) electrons. The van der Waals surface area contributed by atoms with Crippen LogP contribution in [0, 0.1) is 12.8 Å². The van der Waals surface area contributed by atoms with Crippen molar-refractivity contribution in [2.45, 2.75) is 45.6 Å². The van der Waals surface area contributed by atoms with Gasteiger partial charge in [-0.3, -0.25) is 4.79 Å². The van der Waals surface area contributed by atoms with Crippen molar-refractivity contribution in [1.29, 1.82) is 0 Å². The van der Waals surface area contributed by atoms with Crippen LogP contribution in [0.15, 0.2) is 18.2 Å². The second-order valence-electron chi connectivity index (χ2n) is 7.06.